The van der Waals surface area contributed by atoms with Crippen LogP contribution in [0.15, 0.2) is 194 Å². The predicted octanol–water partition coefficient (Wildman–Crippen LogP) is 13.0. The molecular formula is C47H35NO. The second kappa shape index (κ2) is 13.4. The minimum absolute atomic E-state index is 0.853. The second-order valence-corrected chi connectivity index (χ2v) is 12.1. The zero-order valence-corrected chi connectivity index (χ0v) is 27.3. The number of hydrogen-bond acceptors (Lipinski definition) is 2. The Bertz CT molecular complexity index is 2340. The van der Waals surface area contributed by atoms with Gasteiger partial charge in [0.15, 0.2) is 0 Å². The van der Waals surface area contributed by atoms with Crippen LogP contribution < -0.4 is 9.64 Å². The molecule has 0 fully saturated rings. The van der Waals surface area contributed by atoms with Crippen molar-refractivity contribution in [2.75, 3.05) is 12.0 Å². The first-order valence-corrected chi connectivity index (χ1v) is 16.6. The molecule has 0 aliphatic heterocycles. The summed E-state index contributed by atoms with van der Waals surface area (Å²) < 4.78 is 5.80. The van der Waals surface area contributed by atoms with Gasteiger partial charge in [0.1, 0.15) is 5.75 Å². The van der Waals surface area contributed by atoms with Crippen LogP contribution in [-0.2, 0) is 0 Å². The minimum atomic E-state index is 0.853. The summed E-state index contributed by atoms with van der Waals surface area (Å²) in [7, 11) is 1.73. The van der Waals surface area contributed by atoms with Crippen molar-refractivity contribution in [3.05, 3.63) is 194 Å². The van der Waals surface area contributed by atoms with E-state index >= 15 is 0 Å². The third kappa shape index (κ3) is 5.97. The number of anilines is 3. The molecule has 0 atom stereocenters. The fourth-order valence-corrected chi connectivity index (χ4v) is 6.75. The van der Waals surface area contributed by atoms with Crippen molar-refractivity contribution in [1.29, 1.82) is 0 Å². The molecule has 0 amide bonds. The quantitative estimate of drug-likeness (QED) is 0.166. The van der Waals surface area contributed by atoms with Gasteiger partial charge in [0.25, 0.3) is 0 Å². The summed E-state index contributed by atoms with van der Waals surface area (Å²) in [6.07, 6.45) is 0. The van der Waals surface area contributed by atoms with Crippen molar-refractivity contribution < 1.29 is 4.74 Å². The molecule has 0 aliphatic carbocycles. The first-order valence-electron chi connectivity index (χ1n) is 16.6. The third-order valence-electron chi connectivity index (χ3n) is 9.20. The highest BCUT2D eigenvalue weighted by Gasteiger charge is 2.20. The van der Waals surface area contributed by atoms with Crippen LogP contribution in [0.2, 0.25) is 0 Å². The number of fused-ring (bicyclic) bond motifs is 1. The monoisotopic (exact) mass is 629 g/mol. The molecule has 234 valence electrons. The maximum Gasteiger partial charge on any atom is 0.126 e. The van der Waals surface area contributed by atoms with Crippen LogP contribution in [-0.4, -0.2) is 7.11 Å². The van der Waals surface area contributed by atoms with E-state index in [1.807, 2.05) is 12.1 Å². The largest absolute Gasteiger partial charge is 0.496 e. The van der Waals surface area contributed by atoms with Crippen LogP contribution in [0.1, 0.15) is 0 Å². The van der Waals surface area contributed by atoms with Gasteiger partial charge < -0.3 is 9.64 Å². The number of benzene rings is 8. The number of ether oxygens (including phenoxy) is 1. The van der Waals surface area contributed by atoms with Crippen molar-refractivity contribution in [1.82, 2.24) is 0 Å². The summed E-state index contributed by atoms with van der Waals surface area (Å²) in [4.78, 5) is 2.37. The Labute approximate surface area is 288 Å². The van der Waals surface area contributed by atoms with E-state index in [1.165, 1.54) is 38.6 Å². The fraction of sp³-hybridized carbons (Fsp3) is 0.0213. The number of para-hydroxylation sites is 2. The standard InChI is InChI=1S/C47H35NO/c1-49-47-22-11-10-20-43(47)39-29-32-46(45(33-39)44-21-12-16-38-15-8-9-19-42(38)44)48(40-17-6-3-7-18-40)41-30-27-37(28-31-41)36-25-23-35(24-26-36)34-13-4-2-5-14-34/h2-33H,1H3. The lowest BCUT2D eigenvalue weighted by molar-refractivity contribution is 0.416. The number of methoxy groups -OCH3 is 1. The summed E-state index contributed by atoms with van der Waals surface area (Å²) >= 11 is 0. The van der Waals surface area contributed by atoms with E-state index in [2.05, 4.69) is 187 Å². The molecule has 0 spiro atoms. The van der Waals surface area contributed by atoms with E-state index in [9.17, 15) is 0 Å². The first-order chi connectivity index (χ1) is 24.3. The normalized spacial score (nSPS) is 11.0. The molecule has 2 nitrogen and oxygen atoms in total. The van der Waals surface area contributed by atoms with Gasteiger partial charge in [-0.15, -0.1) is 0 Å². The number of hydrogen-bond donors (Lipinski definition) is 0. The highest BCUT2D eigenvalue weighted by Crippen LogP contribution is 2.45. The number of nitrogens with zero attached hydrogens (tertiary/aromatic N) is 1. The molecule has 0 bridgehead atoms. The summed E-state index contributed by atoms with van der Waals surface area (Å²) in [5.74, 6) is 0.853. The predicted molar refractivity (Wildman–Crippen MR) is 207 cm³/mol. The van der Waals surface area contributed by atoms with Crippen LogP contribution >= 0.6 is 0 Å². The zero-order chi connectivity index (χ0) is 33.0. The van der Waals surface area contributed by atoms with E-state index < -0.39 is 0 Å². The van der Waals surface area contributed by atoms with Crippen molar-refractivity contribution >= 4 is 27.8 Å². The van der Waals surface area contributed by atoms with Gasteiger partial charge in [-0.25, -0.2) is 0 Å². The second-order valence-electron chi connectivity index (χ2n) is 12.1. The minimum Gasteiger partial charge on any atom is -0.496 e. The molecular weight excluding hydrogens is 595 g/mol. The van der Waals surface area contributed by atoms with Crippen molar-refractivity contribution in [2.24, 2.45) is 0 Å². The number of rotatable bonds is 8. The molecule has 8 aromatic rings. The van der Waals surface area contributed by atoms with Crippen molar-refractivity contribution in [2.45, 2.75) is 0 Å². The molecule has 8 rings (SSSR count). The zero-order valence-electron chi connectivity index (χ0n) is 27.3. The molecule has 0 N–H and O–H groups in total. The molecule has 0 saturated heterocycles. The topological polar surface area (TPSA) is 12.5 Å². The average molecular weight is 630 g/mol. The van der Waals surface area contributed by atoms with E-state index in [4.69, 9.17) is 4.74 Å². The Morgan fingerprint density at radius 2 is 0.878 bits per heavy atom. The summed E-state index contributed by atoms with van der Waals surface area (Å²) in [5, 5.41) is 2.42. The molecule has 0 aliphatic rings. The van der Waals surface area contributed by atoms with Gasteiger partial charge in [0.2, 0.25) is 0 Å². The van der Waals surface area contributed by atoms with Crippen LogP contribution in [0, 0.1) is 0 Å². The maximum absolute atomic E-state index is 5.80. The first kappa shape index (κ1) is 30.0. The Morgan fingerprint density at radius 3 is 1.59 bits per heavy atom. The van der Waals surface area contributed by atoms with Crippen molar-refractivity contribution in [3.63, 3.8) is 0 Å². The Morgan fingerprint density at radius 1 is 0.367 bits per heavy atom. The van der Waals surface area contributed by atoms with Gasteiger partial charge in [-0.05, 0) is 86.6 Å². The molecule has 0 saturated carbocycles. The Kier molecular flexibility index (Phi) is 8.19. The van der Waals surface area contributed by atoms with Gasteiger partial charge in [-0.1, -0.05) is 152 Å². The average Bonchev–Trinajstić information content (AvgIpc) is 3.19. The lowest BCUT2D eigenvalue weighted by atomic mass is 9.92. The van der Waals surface area contributed by atoms with Crippen molar-refractivity contribution in [3.8, 4) is 50.3 Å². The molecule has 0 unspecified atom stereocenters. The summed E-state index contributed by atoms with van der Waals surface area (Å²) in [6, 6.07) is 69.1. The molecule has 49 heavy (non-hydrogen) atoms. The lowest BCUT2D eigenvalue weighted by Gasteiger charge is -2.29. The van der Waals surface area contributed by atoms with E-state index in [0.29, 0.717) is 0 Å². The van der Waals surface area contributed by atoms with Gasteiger partial charge >= 0.3 is 0 Å². The third-order valence-corrected chi connectivity index (χ3v) is 9.20. The van der Waals surface area contributed by atoms with Gasteiger partial charge in [0.05, 0.1) is 12.8 Å². The Balaban J connectivity index is 1.27. The van der Waals surface area contributed by atoms with E-state index in [0.717, 1.165) is 39.5 Å². The lowest BCUT2D eigenvalue weighted by Crippen LogP contribution is -2.11. The van der Waals surface area contributed by atoms with Gasteiger partial charge in [-0.2, -0.15) is 0 Å². The van der Waals surface area contributed by atoms with Gasteiger partial charge in [-0.3, -0.25) is 0 Å². The van der Waals surface area contributed by atoms with Gasteiger partial charge in [0, 0.05) is 22.5 Å². The molecule has 0 radical (unpaired) electrons. The molecule has 0 heterocycles. The Hall–Kier alpha value is -6.38. The van der Waals surface area contributed by atoms with E-state index in [1.54, 1.807) is 7.11 Å². The fourth-order valence-electron chi connectivity index (χ4n) is 6.75. The molecule has 2 heteroatoms. The smallest absolute Gasteiger partial charge is 0.126 e. The van der Waals surface area contributed by atoms with Crippen LogP contribution in [0.25, 0.3) is 55.3 Å². The van der Waals surface area contributed by atoms with Crippen LogP contribution in [0.5, 0.6) is 5.75 Å². The maximum atomic E-state index is 5.80. The van der Waals surface area contributed by atoms with Crippen LogP contribution in [0.4, 0.5) is 17.1 Å². The van der Waals surface area contributed by atoms with E-state index in [-0.39, 0.29) is 0 Å². The molecule has 8 aromatic carbocycles. The molecule has 0 aromatic heterocycles. The highest BCUT2D eigenvalue weighted by atomic mass is 16.5. The summed E-state index contributed by atoms with van der Waals surface area (Å²) in [6.45, 7) is 0. The summed E-state index contributed by atoms with van der Waals surface area (Å²) in [5.41, 5.74) is 12.6. The van der Waals surface area contributed by atoms with Crippen LogP contribution in [0.3, 0.4) is 0 Å². The highest BCUT2D eigenvalue weighted by molar-refractivity contribution is 6.02. The SMILES string of the molecule is COc1ccccc1-c1ccc(N(c2ccccc2)c2ccc(-c3ccc(-c4ccccc4)cc3)cc2)c(-c2cccc3ccccc23)c1.